The quantitative estimate of drug-likeness (QED) is 0.642. The molecule has 6 heteroatoms. The molecule has 0 aromatic heterocycles. The molecule has 0 amide bonds. The van der Waals surface area contributed by atoms with Crippen molar-refractivity contribution in [3.63, 3.8) is 0 Å². The molecule has 1 saturated carbocycles. The lowest BCUT2D eigenvalue weighted by Crippen LogP contribution is -2.21. The topological polar surface area (TPSA) is 77.5 Å². The molecule has 1 aliphatic carbocycles. The first-order valence-corrected chi connectivity index (χ1v) is 10.7. The van der Waals surface area contributed by atoms with Gasteiger partial charge in [0.15, 0.2) is 5.78 Å². The Labute approximate surface area is 158 Å². The Morgan fingerprint density at radius 2 is 1.67 bits per heavy atom. The van der Waals surface area contributed by atoms with Crippen molar-refractivity contribution in [1.82, 2.24) is 0 Å². The van der Waals surface area contributed by atoms with Crippen LogP contribution >= 0.6 is 0 Å². The zero-order valence-corrected chi connectivity index (χ0v) is 15.6. The number of sulfone groups is 1. The van der Waals surface area contributed by atoms with E-state index in [9.17, 15) is 18.0 Å². The number of hydrogen-bond donors (Lipinski definition) is 0. The lowest BCUT2D eigenvalue weighted by molar-refractivity contribution is 0.0409. The lowest BCUT2D eigenvalue weighted by Gasteiger charge is -2.21. The predicted molar refractivity (Wildman–Crippen MR) is 98.6 cm³/mol. The van der Waals surface area contributed by atoms with E-state index in [1.165, 1.54) is 36.8 Å². The van der Waals surface area contributed by atoms with E-state index in [0.29, 0.717) is 12.5 Å². The molecule has 1 heterocycles. The van der Waals surface area contributed by atoms with Crippen molar-refractivity contribution in [1.29, 1.82) is 0 Å². The first kappa shape index (κ1) is 17.9. The van der Waals surface area contributed by atoms with E-state index in [1.54, 1.807) is 12.1 Å². The fraction of sp³-hybridized carbons (Fsp3) is 0.333. The number of carbonyl (C=O) groups excluding carboxylic acids is 2. The number of carbonyl (C=O) groups is 2. The number of esters is 1. The van der Waals surface area contributed by atoms with Crippen LogP contribution in [0.1, 0.15) is 58.4 Å². The van der Waals surface area contributed by atoms with Crippen molar-refractivity contribution in [3.05, 3.63) is 59.2 Å². The molecule has 0 radical (unpaired) electrons. The molecule has 2 aliphatic rings. The summed E-state index contributed by atoms with van der Waals surface area (Å²) < 4.78 is 31.2. The van der Waals surface area contributed by atoms with Crippen LogP contribution in [0, 0.1) is 5.92 Å². The van der Waals surface area contributed by atoms with Gasteiger partial charge in [0.2, 0.25) is 9.84 Å². The average molecular weight is 384 g/mol. The molecule has 2 aromatic carbocycles. The van der Waals surface area contributed by atoms with Gasteiger partial charge in [0, 0.05) is 11.1 Å². The summed E-state index contributed by atoms with van der Waals surface area (Å²) in [5.74, 6) is -0.528. The Balaban J connectivity index is 1.62. The first-order chi connectivity index (χ1) is 13.0. The van der Waals surface area contributed by atoms with Gasteiger partial charge in [-0.15, -0.1) is 0 Å². The minimum atomic E-state index is -3.85. The zero-order chi connectivity index (χ0) is 19.0. The van der Waals surface area contributed by atoms with Crippen LogP contribution in [0.2, 0.25) is 0 Å². The number of ketones is 1. The summed E-state index contributed by atoms with van der Waals surface area (Å²) in [5, 5.41) is 0. The highest BCUT2D eigenvalue weighted by Crippen LogP contribution is 2.35. The van der Waals surface area contributed by atoms with Crippen LogP contribution in [0.4, 0.5) is 0 Å². The molecule has 0 atom stereocenters. The Hall–Kier alpha value is -2.47. The lowest BCUT2D eigenvalue weighted by atomic mass is 9.90. The molecule has 0 bridgehead atoms. The second-order valence-corrected chi connectivity index (χ2v) is 9.03. The third-order valence-corrected chi connectivity index (χ3v) is 7.20. The van der Waals surface area contributed by atoms with Gasteiger partial charge in [-0.25, -0.2) is 13.2 Å². The van der Waals surface area contributed by atoms with Gasteiger partial charge in [0.25, 0.3) is 0 Å². The van der Waals surface area contributed by atoms with Gasteiger partial charge < -0.3 is 4.74 Å². The highest BCUT2D eigenvalue weighted by Gasteiger charge is 2.35. The maximum Gasteiger partial charge on any atom is 0.338 e. The van der Waals surface area contributed by atoms with Crippen molar-refractivity contribution >= 4 is 21.6 Å². The van der Waals surface area contributed by atoms with Crippen LogP contribution in [-0.4, -0.2) is 26.8 Å². The largest absolute Gasteiger partial charge is 0.462 e. The summed E-state index contributed by atoms with van der Waals surface area (Å²) in [6.07, 6.45) is 5.64. The van der Waals surface area contributed by atoms with Gasteiger partial charge in [-0.3, -0.25) is 4.79 Å². The van der Waals surface area contributed by atoms with Crippen molar-refractivity contribution in [3.8, 4) is 0 Å². The highest BCUT2D eigenvalue weighted by molar-refractivity contribution is 7.91. The maximum atomic E-state index is 12.9. The van der Waals surface area contributed by atoms with Crippen LogP contribution in [-0.2, 0) is 14.6 Å². The van der Waals surface area contributed by atoms with E-state index in [4.69, 9.17) is 4.74 Å². The fourth-order valence-corrected chi connectivity index (χ4v) is 5.52. The summed E-state index contributed by atoms with van der Waals surface area (Å²) in [6.45, 7) is 0.352. The molecule has 5 nitrogen and oxygen atoms in total. The highest BCUT2D eigenvalue weighted by atomic mass is 32.2. The molecule has 0 N–H and O–H groups in total. The van der Waals surface area contributed by atoms with E-state index in [0.717, 1.165) is 25.7 Å². The normalized spacial score (nSPS) is 18.4. The monoisotopic (exact) mass is 384 g/mol. The van der Waals surface area contributed by atoms with Gasteiger partial charge in [-0.05, 0) is 49.1 Å². The Kier molecular flexibility index (Phi) is 4.60. The van der Waals surface area contributed by atoms with E-state index >= 15 is 0 Å². The molecule has 1 fully saturated rings. The molecule has 2 aromatic rings. The second-order valence-electron chi connectivity index (χ2n) is 7.14. The van der Waals surface area contributed by atoms with Crippen molar-refractivity contribution in [2.24, 2.45) is 5.92 Å². The molecule has 140 valence electrons. The SMILES string of the molecule is O=C(OCC1CCCCC1)c1ccc2c(c1)S(=O)(=O)c1ccccc1C2=O. The van der Waals surface area contributed by atoms with E-state index < -0.39 is 15.8 Å². The number of benzene rings is 2. The molecule has 1 aliphatic heterocycles. The van der Waals surface area contributed by atoms with Gasteiger partial charge >= 0.3 is 5.97 Å². The standard InChI is InChI=1S/C21H20O5S/c22-20-16-8-4-5-9-18(16)27(24,25)19-12-15(10-11-17(19)20)21(23)26-13-14-6-2-1-3-7-14/h4-5,8-12,14H,1-3,6-7,13H2. The van der Waals surface area contributed by atoms with Crippen LogP contribution in [0.15, 0.2) is 52.3 Å². The zero-order valence-electron chi connectivity index (χ0n) is 14.8. The molecule has 0 saturated heterocycles. The summed E-state index contributed by atoms with van der Waals surface area (Å²) >= 11 is 0. The van der Waals surface area contributed by atoms with Gasteiger partial charge in [0.05, 0.1) is 22.0 Å². The van der Waals surface area contributed by atoms with Crippen LogP contribution in [0.25, 0.3) is 0 Å². The number of hydrogen-bond acceptors (Lipinski definition) is 5. The molecule has 4 rings (SSSR count). The summed E-state index contributed by atoms with van der Waals surface area (Å²) in [6, 6.07) is 10.3. The average Bonchev–Trinajstić information content (AvgIpc) is 2.71. The van der Waals surface area contributed by atoms with Crippen molar-refractivity contribution in [2.45, 2.75) is 41.9 Å². The van der Waals surface area contributed by atoms with Crippen LogP contribution in [0.3, 0.4) is 0 Å². The van der Waals surface area contributed by atoms with E-state index in [-0.39, 0.29) is 32.3 Å². The molecule has 0 unspecified atom stereocenters. The van der Waals surface area contributed by atoms with Crippen molar-refractivity contribution in [2.75, 3.05) is 6.61 Å². The molecule has 27 heavy (non-hydrogen) atoms. The van der Waals surface area contributed by atoms with E-state index in [1.807, 2.05) is 0 Å². The predicted octanol–water partition coefficient (Wildman–Crippen LogP) is 3.80. The Morgan fingerprint density at radius 1 is 0.963 bits per heavy atom. The maximum absolute atomic E-state index is 12.9. The fourth-order valence-electron chi connectivity index (χ4n) is 3.84. The molecular weight excluding hydrogens is 364 g/mol. The summed E-state index contributed by atoms with van der Waals surface area (Å²) in [7, 11) is -3.85. The molecular formula is C21H20O5S. The number of fused-ring (bicyclic) bond motifs is 2. The van der Waals surface area contributed by atoms with Crippen LogP contribution < -0.4 is 0 Å². The summed E-state index contributed by atoms with van der Waals surface area (Å²) in [5.41, 5.74) is 0.412. The van der Waals surface area contributed by atoms with Crippen LogP contribution in [0.5, 0.6) is 0 Å². The smallest absolute Gasteiger partial charge is 0.338 e. The summed E-state index contributed by atoms with van der Waals surface area (Å²) in [4.78, 5) is 24.9. The van der Waals surface area contributed by atoms with Crippen molar-refractivity contribution < 1.29 is 22.7 Å². The van der Waals surface area contributed by atoms with Gasteiger partial charge in [-0.1, -0.05) is 31.4 Å². The minimum absolute atomic E-state index is 0.0183. The third kappa shape index (κ3) is 3.18. The van der Waals surface area contributed by atoms with Gasteiger partial charge in [-0.2, -0.15) is 0 Å². The Morgan fingerprint density at radius 3 is 2.44 bits per heavy atom. The molecule has 0 spiro atoms. The second kappa shape index (κ2) is 6.93. The first-order valence-electron chi connectivity index (χ1n) is 9.18. The number of rotatable bonds is 3. The third-order valence-electron chi connectivity index (χ3n) is 5.35. The number of ether oxygens (including phenoxy) is 1. The van der Waals surface area contributed by atoms with E-state index in [2.05, 4.69) is 0 Å². The van der Waals surface area contributed by atoms with Gasteiger partial charge in [0.1, 0.15) is 0 Å². The Bertz CT molecular complexity index is 1020. The minimum Gasteiger partial charge on any atom is -0.462 e.